The number of hydrogen-bond donors (Lipinski definition) is 1. The summed E-state index contributed by atoms with van der Waals surface area (Å²) in [6, 6.07) is 0. The van der Waals surface area contributed by atoms with Gasteiger partial charge in [0.1, 0.15) is 11.5 Å². The first-order valence-corrected chi connectivity index (χ1v) is 10.4. The Kier molecular flexibility index (Phi) is 6.83. The molecule has 0 aliphatic carbocycles. The quantitative estimate of drug-likeness (QED) is 0.535. The predicted molar refractivity (Wildman–Crippen MR) is 104 cm³/mol. The van der Waals surface area contributed by atoms with Crippen LogP contribution in [0, 0.1) is 5.92 Å². The molecular weight excluding hydrogens is 401 g/mol. The lowest BCUT2D eigenvalue weighted by molar-refractivity contribution is -0.140. The largest absolute Gasteiger partial charge is 0.433 e. The Morgan fingerprint density at radius 2 is 1.69 bits per heavy atom. The average molecular weight is 422 g/mol. The van der Waals surface area contributed by atoms with E-state index in [-0.39, 0.29) is 11.3 Å². The second-order valence-electron chi connectivity index (χ2n) is 6.77. The molecule has 0 bridgehead atoms. The molecule has 29 heavy (non-hydrogen) atoms. The molecule has 154 valence electrons. The summed E-state index contributed by atoms with van der Waals surface area (Å²) in [5.74, 6) is 1.27. The van der Waals surface area contributed by atoms with Gasteiger partial charge in [-0.2, -0.15) is 18.3 Å². The van der Waals surface area contributed by atoms with Crippen molar-refractivity contribution >= 4 is 11.8 Å². The highest BCUT2D eigenvalue weighted by Gasteiger charge is 2.36. The Labute approximate surface area is 170 Å². The van der Waals surface area contributed by atoms with E-state index in [1.807, 2.05) is 23.7 Å². The van der Waals surface area contributed by atoms with E-state index in [1.54, 1.807) is 11.8 Å². The predicted octanol–water partition coefficient (Wildman–Crippen LogP) is 4.60. The van der Waals surface area contributed by atoms with Crippen LogP contribution in [0.5, 0.6) is 0 Å². The molecular formula is C19H21F3N6S. The molecule has 0 radical (unpaired) electrons. The molecule has 0 aromatic carbocycles. The zero-order valence-electron chi connectivity index (χ0n) is 16.1. The number of aromatic nitrogens is 6. The lowest BCUT2D eigenvalue weighted by atomic mass is 9.98. The van der Waals surface area contributed by atoms with Crippen LogP contribution < -0.4 is 0 Å². The summed E-state index contributed by atoms with van der Waals surface area (Å²) in [4.78, 5) is 18.2. The molecule has 0 saturated heterocycles. The number of rotatable bonds is 8. The topological polar surface area (TPSA) is 80.2 Å². The number of aryl methyl sites for hydroxylation is 2. The van der Waals surface area contributed by atoms with Crippen LogP contribution in [0.15, 0.2) is 35.9 Å². The van der Waals surface area contributed by atoms with Gasteiger partial charge in [0.2, 0.25) is 0 Å². The van der Waals surface area contributed by atoms with E-state index >= 15 is 0 Å². The summed E-state index contributed by atoms with van der Waals surface area (Å²) in [5, 5.41) is 5.46. The molecule has 6 nitrogen and oxygen atoms in total. The number of halogens is 3. The third-order valence-electron chi connectivity index (χ3n) is 4.58. The molecule has 10 heteroatoms. The van der Waals surface area contributed by atoms with Crippen molar-refractivity contribution in [1.82, 2.24) is 30.1 Å². The highest BCUT2D eigenvalue weighted by Crippen LogP contribution is 2.34. The molecule has 1 N–H and O–H groups in total. The number of H-pyrrole nitrogens is 1. The number of nitrogens with one attached hydrogen (secondary N) is 1. The first kappa shape index (κ1) is 21.2. The molecule has 3 rings (SSSR count). The van der Waals surface area contributed by atoms with Gasteiger partial charge in [-0.1, -0.05) is 6.92 Å². The molecule has 3 heterocycles. The Bertz CT molecular complexity index is 909. The summed E-state index contributed by atoms with van der Waals surface area (Å²) in [7, 11) is 0. The maximum Gasteiger partial charge on any atom is 0.433 e. The van der Waals surface area contributed by atoms with Crippen molar-refractivity contribution in [3.63, 3.8) is 0 Å². The van der Waals surface area contributed by atoms with Crippen molar-refractivity contribution in [3.8, 4) is 11.3 Å². The second kappa shape index (κ2) is 9.34. The SMILES string of the molecule is CSc1cnc(CCC(C)CCc2cnc(-c3cn[nH]c3C(F)(F)F)cn2)nc1. The van der Waals surface area contributed by atoms with Gasteiger partial charge in [-0.25, -0.2) is 9.97 Å². The van der Waals surface area contributed by atoms with Gasteiger partial charge in [-0.05, 0) is 31.4 Å². The minimum absolute atomic E-state index is 0.0996. The van der Waals surface area contributed by atoms with Gasteiger partial charge in [-0.3, -0.25) is 15.1 Å². The maximum absolute atomic E-state index is 13.0. The zero-order valence-corrected chi connectivity index (χ0v) is 16.9. The third-order valence-corrected chi connectivity index (χ3v) is 5.26. The van der Waals surface area contributed by atoms with E-state index < -0.39 is 11.9 Å². The van der Waals surface area contributed by atoms with E-state index in [2.05, 4.69) is 32.0 Å². The molecule has 0 fully saturated rings. The Hall–Kier alpha value is -2.49. The number of alkyl halides is 3. The van der Waals surface area contributed by atoms with Crippen LogP contribution in [0.1, 0.15) is 37.0 Å². The second-order valence-corrected chi connectivity index (χ2v) is 7.65. The van der Waals surface area contributed by atoms with E-state index in [0.29, 0.717) is 12.3 Å². The molecule has 0 aliphatic heterocycles. The molecule has 0 saturated carbocycles. The average Bonchev–Trinajstić information content (AvgIpc) is 3.22. The first-order valence-electron chi connectivity index (χ1n) is 9.13. The van der Waals surface area contributed by atoms with Crippen LogP contribution in [0.25, 0.3) is 11.3 Å². The third kappa shape index (κ3) is 5.75. The van der Waals surface area contributed by atoms with Crippen LogP contribution >= 0.6 is 11.8 Å². The molecule has 0 aliphatic rings. The Balaban J connectivity index is 1.51. The Morgan fingerprint density at radius 1 is 0.966 bits per heavy atom. The molecule has 3 aromatic heterocycles. The van der Waals surface area contributed by atoms with Gasteiger partial charge in [0.25, 0.3) is 0 Å². The molecule has 0 spiro atoms. The van der Waals surface area contributed by atoms with Gasteiger partial charge < -0.3 is 0 Å². The number of aromatic amines is 1. The number of nitrogens with zero attached hydrogens (tertiary/aromatic N) is 5. The first-order chi connectivity index (χ1) is 13.9. The fourth-order valence-electron chi connectivity index (χ4n) is 2.81. The van der Waals surface area contributed by atoms with Gasteiger partial charge in [0, 0.05) is 29.9 Å². The van der Waals surface area contributed by atoms with E-state index in [1.165, 1.54) is 12.4 Å². The van der Waals surface area contributed by atoms with Gasteiger partial charge in [0.05, 0.1) is 29.3 Å². The summed E-state index contributed by atoms with van der Waals surface area (Å²) in [6.45, 7) is 2.15. The van der Waals surface area contributed by atoms with Crippen molar-refractivity contribution in [2.75, 3.05) is 6.26 Å². The molecule has 1 unspecified atom stereocenters. The number of hydrogen-bond acceptors (Lipinski definition) is 6. The van der Waals surface area contributed by atoms with Crippen molar-refractivity contribution in [2.24, 2.45) is 5.92 Å². The van der Waals surface area contributed by atoms with Gasteiger partial charge >= 0.3 is 6.18 Å². The molecule has 0 amide bonds. The van der Waals surface area contributed by atoms with Crippen molar-refractivity contribution < 1.29 is 13.2 Å². The van der Waals surface area contributed by atoms with Crippen molar-refractivity contribution in [3.05, 3.63) is 48.2 Å². The van der Waals surface area contributed by atoms with E-state index in [0.717, 1.165) is 41.9 Å². The summed E-state index contributed by atoms with van der Waals surface area (Å²) < 4.78 is 38.9. The highest BCUT2D eigenvalue weighted by atomic mass is 32.2. The monoisotopic (exact) mass is 422 g/mol. The van der Waals surface area contributed by atoms with Crippen molar-refractivity contribution in [2.45, 2.75) is 43.7 Å². The molecule has 1 atom stereocenters. The van der Waals surface area contributed by atoms with Crippen LogP contribution in [-0.4, -0.2) is 36.4 Å². The smallest absolute Gasteiger partial charge is 0.273 e. The lowest BCUT2D eigenvalue weighted by Gasteiger charge is -2.11. The summed E-state index contributed by atoms with van der Waals surface area (Å²) >= 11 is 1.61. The normalized spacial score (nSPS) is 12.9. The van der Waals surface area contributed by atoms with Crippen LogP contribution in [0.3, 0.4) is 0 Å². The summed E-state index contributed by atoms with van der Waals surface area (Å²) in [5.41, 5.74) is -0.120. The highest BCUT2D eigenvalue weighted by molar-refractivity contribution is 7.98. The summed E-state index contributed by atoms with van der Waals surface area (Å²) in [6.07, 6.45) is 8.51. The fraction of sp³-hybridized carbons (Fsp3) is 0.421. The zero-order chi connectivity index (χ0) is 20.9. The maximum atomic E-state index is 13.0. The van der Waals surface area contributed by atoms with Crippen LogP contribution in [0.2, 0.25) is 0 Å². The molecule has 3 aromatic rings. The lowest BCUT2D eigenvalue weighted by Crippen LogP contribution is -2.08. The van der Waals surface area contributed by atoms with Crippen LogP contribution in [-0.2, 0) is 19.0 Å². The number of thioether (sulfide) groups is 1. The van der Waals surface area contributed by atoms with E-state index in [4.69, 9.17) is 0 Å². The fourth-order valence-corrected chi connectivity index (χ4v) is 3.13. The van der Waals surface area contributed by atoms with Crippen LogP contribution in [0.4, 0.5) is 13.2 Å². The van der Waals surface area contributed by atoms with Gasteiger partial charge in [-0.15, -0.1) is 11.8 Å². The van der Waals surface area contributed by atoms with E-state index in [9.17, 15) is 13.2 Å². The minimum Gasteiger partial charge on any atom is -0.273 e. The van der Waals surface area contributed by atoms with Gasteiger partial charge in [0.15, 0.2) is 0 Å². The van der Waals surface area contributed by atoms with Crippen molar-refractivity contribution in [1.29, 1.82) is 0 Å². The minimum atomic E-state index is -4.51. The standard InChI is InChI=1S/C19H21F3N6S/c1-12(4-6-17-25-8-14(29-2)9-26-17)3-5-13-7-24-16(11-23-13)15-10-27-28-18(15)19(20,21)22/h7-12H,3-6H2,1-2H3,(H,27,28). The Morgan fingerprint density at radius 3 is 2.31 bits per heavy atom.